The molecule has 1 aliphatic rings. The second-order valence-corrected chi connectivity index (χ2v) is 20.5. The minimum atomic E-state index is -0.929. The van der Waals surface area contributed by atoms with Crippen LogP contribution in [0.5, 0.6) is 11.5 Å². The fraction of sp³-hybridized carbons (Fsp3) is 0.182. The zero-order valence-electron chi connectivity index (χ0n) is 59.1. The Labute approximate surface area is 465 Å². The number of aromatic nitrogens is 2. The Morgan fingerprint density at radius 2 is 1.15 bits per heavy atom. The summed E-state index contributed by atoms with van der Waals surface area (Å²) >= 11 is 0. The summed E-state index contributed by atoms with van der Waals surface area (Å²) in [5, 5.41) is -0.508. The van der Waals surface area contributed by atoms with Crippen LogP contribution in [0.15, 0.2) is 188 Å². The van der Waals surface area contributed by atoms with E-state index in [1.165, 1.54) is 4.57 Å². The summed E-state index contributed by atoms with van der Waals surface area (Å²) in [5.41, 5.74) is 3.24. The number of hydrogen-bond acceptors (Lipinski definition) is 4. The van der Waals surface area contributed by atoms with Gasteiger partial charge in [0.15, 0.2) is 0 Å². The topological polar surface area (TPSA) is 33.5 Å². The van der Waals surface area contributed by atoms with Crippen LogP contribution in [0.1, 0.15) is 104 Å². The van der Waals surface area contributed by atoms with E-state index < -0.39 is 101 Å². The predicted molar refractivity (Wildman–Crippen MR) is 297 cm³/mol. The van der Waals surface area contributed by atoms with Gasteiger partial charge in [0.2, 0.25) is 0 Å². The van der Waals surface area contributed by atoms with Crippen molar-refractivity contribution >= 4 is 44.6 Å². The van der Waals surface area contributed by atoms with Gasteiger partial charge in [-0.2, -0.15) is 12.1 Å². The van der Waals surface area contributed by atoms with Gasteiger partial charge < -0.3 is 19.1 Å². The largest absolute Gasteiger partial charge is 0.509 e. The van der Waals surface area contributed by atoms with E-state index in [1.54, 1.807) is 51.7 Å². The molecule has 1 aliphatic heterocycles. The Morgan fingerprint density at radius 3 is 1.82 bits per heavy atom. The van der Waals surface area contributed by atoms with Crippen LogP contribution in [0.2, 0.25) is 0 Å². The molecule has 0 saturated carbocycles. The number of rotatable bonds is 8. The summed E-state index contributed by atoms with van der Waals surface area (Å²) in [6.07, 6.45) is -0.557. The van der Waals surface area contributed by atoms with Crippen molar-refractivity contribution in [1.29, 1.82) is 0 Å². The summed E-state index contributed by atoms with van der Waals surface area (Å²) in [6, 6.07) is 20.9. The molecule has 0 N–H and O–H groups in total. The van der Waals surface area contributed by atoms with E-state index in [1.807, 2.05) is 46.2 Å². The number of fused-ring (bicyclic) bond motifs is 4. The third-order valence-electron chi connectivity index (χ3n) is 12.4. The fourth-order valence-electron chi connectivity index (χ4n) is 8.64. The number of anilines is 4. The summed E-state index contributed by atoms with van der Waals surface area (Å²) in [7, 11) is 0. The van der Waals surface area contributed by atoms with Crippen LogP contribution in [0.4, 0.5) is 22.7 Å². The smallest absolute Gasteiger partial charge is 0.135 e. The maximum absolute atomic E-state index is 9.74. The first-order valence-electron chi connectivity index (χ1n) is 32.2. The molecule has 0 fully saturated rings. The van der Waals surface area contributed by atoms with Crippen LogP contribution in [0.3, 0.4) is 0 Å². The van der Waals surface area contributed by atoms with Crippen LogP contribution in [-0.2, 0) is 37.3 Å². The molecule has 362 valence electrons. The van der Waals surface area contributed by atoms with Crippen LogP contribution < -0.4 is 14.5 Å². The molecule has 0 radical (unpaired) electrons. The van der Waals surface area contributed by atoms with Crippen molar-refractivity contribution in [3.8, 4) is 50.7 Å². The van der Waals surface area contributed by atoms with Gasteiger partial charge in [-0.15, -0.1) is 48.1 Å². The Hall–Kier alpha value is -7.20. The molecular formula is C66H59N4OPt-3. The van der Waals surface area contributed by atoms with Gasteiger partial charge in [0, 0.05) is 73.8 Å². The molecule has 72 heavy (non-hydrogen) atoms. The molecule has 5 nitrogen and oxygen atoms in total. The van der Waals surface area contributed by atoms with Gasteiger partial charge in [-0.3, -0.25) is 0 Å². The molecule has 10 aromatic rings. The Morgan fingerprint density at radius 1 is 0.528 bits per heavy atom. The van der Waals surface area contributed by atoms with Crippen molar-refractivity contribution in [3.63, 3.8) is 0 Å². The monoisotopic (exact) mass is 1140 g/mol. The Bertz CT molecular complexity index is 4610. The number of pyridine rings is 1. The number of hydrogen-bond donors (Lipinski definition) is 0. The molecule has 0 unspecified atom stereocenters. The zero-order chi connectivity index (χ0) is 64.9. The van der Waals surface area contributed by atoms with Crippen molar-refractivity contribution in [2.75, 3.05) is 9.80 Å². The zero-order valence-corrected chi connectivity index (χ0v) is 43.4. The first kappa shape index (κ1) is 31.3. The molecule has 0 saturated heterocycles. The SMILES string of the molecule is [2H]c1nc(-n2c3[c-]c(Oc4[c-]c(N5[CH-]N(c6c(-c7cc(C(C)(C)C)cc(C(C)(C)C)c7)cccc6-c6c([2H])c([2H])c([2H])c([2H])c6[2H])c6ccccc65)ccc4)c([2H])c([2H])c3c3c([2H])c(-c4c([2H])c([2H])c([2H])c([2H])c4[2H])c([2H])c([2H])c32)c([2H])c(C(C)(C)C)c1[2H].[Pt]. The average Bonchev–Trinajstić information content (AvgIpc) is 1.51. The van der Waals surface area contributed by atoms with Crippen molar-refractivity contribution in [3.05, 3.63) is 223 Å². The van der Waals surface area contributed by atoms with E-state index >= 15 is 0 Å². The van der Waals surface area contributed by atoms with Crippen molar-refractivity contribution in [2.24, 2.45) is 0 Å². The molecule has 8 aromatic carbocycles. The van der Waals surface area contributed by atoms with Crippen LogP contribution in [0.25, 0.3) is 61.0 Å². The van der Waals surface area contributed by atoms with E-state index in [2.05, 4.69) is 76.9 Å². The standard InChI is InChI=1S/C66H59N4O.Pt/c1-64(2,3)48-34-35-67-62(40-48)70-58-33-30-46(44-20-12-10-13-21-44)38-57(58)56-32-31-53(42-61(56)70)71-52-25-18-24-51(41-52)68-43-69(60-29-17-16-28-59(60)68)63-54(45-22-14-11-15-23-45)26-19-27-55(63)47-36-49(65(4,5)6)39-50(37-47)66(7,8)9;/h10-40,43H,1-9H3;/q-3;/i10D,11D,12D,13D,14D,15D,20D,21D,22D,23D,30D,31D,32D,33D,34D,35D,38D,40D;. The third kappa shape index (κ3) is 9.16. The van der Waals surface area contributed by atoms with Gasteiger partial charge in [0.1, 0.15) is 5.82 Å². The maximum Gasteiger partial charge on any atom is 0.135 e. The minimum Gasteiger partial charge on any atom is -0.509 e. The number of nitrogens with zero attached hydrogens (tertiary/aromatic N) is 4. The van der Waals surface area contributed by atoms with Crippen molar-refractivity contribution in [1.82, 2.24) is 9.55 Å². The molecular weight excluding hydrogens is 1060 g/mol. The van der Waals surface area contributed by atoms with E-state index in [0.29, 0.717) is 33.9 Å². The summed E-state index contributed by atoms with van der Waals surface area (Å²) in [4.78, 5) is 8.13. The van der Waals surface area contributed by atoms with Crippen LogP contribution >= 0.6 is 0 Å². The van der Waals surface area contributed by atoms with Crippen LogP contribution in [0, 0.1) is 18.8 Å². The summed E-state index contributed by atoms with van der Waals surface area (Å²) in [6.45, 7) is 19.8. The van der Waals surface area contributed by atoms with Gasteiger partial charge in [-0.05, 0) is 92.2 Å². The van der Waals surface area contributed by atoms with Gasteiger partial charge in [-0.1, -0.05) is 189 Å². The van der Waals surface area contributed by atoms with Gasteiger partial charge >= 0.3 is 0 Å². The van der Waals surface area contributed by atoms with E-state index in [-0.39, 0.29) is 106 Å². The molecule has 2 aromatic heterocycles. The van der Waals surface area contributed by atoms with Crippen molar-refractivity contribution in [2.45, 2.75) is 78.6 Å². The molecule has 0 amide bonds. The predicted octanol–water partition coefficient (Wildman–Crippen LogP) is 17.9. The minimum absolute atomic E-state index is 0. The first-order valence-corrected chi connectivity index (χ1v) is 23.2. The summed E-state index contributed by atoms with van der Waals surface area (Å²) in [5.74, 6) is -0.711. The molecule has 0 bridgehead atoms. The summed E-state index contributed by atoms with van der Waals surface area (Å²) < 4.78 is 170. The van der Waals surface area contributed by atoms with E-state index in [9.17, 15) is 11.0 Å². The molecule has 6 heteroatoms. The maximum atomic E-state index is 9.74. The van der Waals surface area contributed by atoms with Crippen LogP contribution in [-0.4, -0.2) is 9.55 Å². The molecule has 0 atom stereocenters. The molecule has 0 spiro atoms. The first-order chi connectivity index (χ1) is 41.6. The van der Waals surface area contributed by atoms with Gasteiger partial charge in [-0.25, -0.2) is 4.98 Å². The fourth-order valence-corrected chi connectivity index (χ4v) is 8.64. The molecule has 3 heterocycles. The van der Waals surface area contributed by atoms with E-state index in [0.717, 1.165) is 16.7 Å². The second kappa shape index (κ2) is 18.8. The Kier molecular flexibility index (Phi) is 8.16. The quantitative estimate of drug-likeness (QED) is 0.142. The third-order valence-corrected chi connectivity index (χ3v) is 12.4. The second-order valence-electron chi connectivity index (χ2n) is 20.5. The van der Waals surface area contributed by atoms with E-state index in [4.69, 9.17) is 18.4 Å². The molecule has 11 rings (SSSR count). The van der Waals surface area contributed by atoms with Crippen molar-refractivity contribution < 1.29 is 50.5 Å². The van der Waals surface area contributed by atoms with Gasteiger partial charge in [0.25, 0.3) is 0 Å². The number of para-hydroxylation sites is 3. The Balaban J connectivity index is 0.00000891. The van der Waals surface area contributed by atoms with Gasteiger partial charge in [0.05, 0.1) is 21.9 Å². The molecule has 0 aliphatic carbocycles. The number of ether oxygens (including phenoxy) is 1. The average molecular weight is 1140 g/mol. The number of benzene rings is 8. The normalized spacial score (nSPS) is 16.3.